The van der Waals surface area contributed by atoms with E-state index < -0.39 is 18.8 Å². The number of carbonyl (C=O) groups is 1. The largest absolute Gasteiger partial charge is 0.476 e. The van der Waals surface area contributed by atoms with Gasteiger partial charge in [-0.05, 0) is 24.1 Å². The van der Waals surface area contributed by atoms with Crippen molar-refractivity contribution >= 4 is 16.9 Å². The van der Waals surface area contributed by atoms with Crippen LogP contribution in [0.2, 0.25) is 0 Å². The minimum atomic E-state index is -4.43. The first-order valence-corrected chi connectivity index (χ1v) is 7.43. The summed E-state index contributed by atoms with van der Waals surface area (Å²) in [6.45, 7) is 0.575. The maximum atomic E-state index is 12.2. The molecule has 0 amide bonds. The monoisotopic (exact) mass is 366 g/mol. The number of hydrogen-bond acceptors (Lipinski definition) is 5. The van der Waals surface area contributed by atoms with Crippen LogP contribution in [-0.2, 0) is 6.54 Å². The van der Waals surface area contributed by atoms with E-state index in [4.69, 9.17) is 5.11 Å². The average molecular weight is 366 g/mol. The fraction of sp³-hybridized carbons (Fsp3) is 0.250. The number of hydrogen-bond donors (Lipinski definition) is 1. The predicted octanol–water partition coefficient (Wildman–Crippen LogP) is 2.82. The molecule has 0 saturated heterocycles. The Bertz CT molecular complexity index is 969. The van der Waals surface area contributed by atoms with E-state index in [-0.39, 0.29) is 18.1 Å². The van der Waals surface area contributed by atoms with Crippen LogP contribution in [0.25, 0.3) is 10.9 Å². The van der Waals surface area contributed by atoms with Crippen molar-refractivity contribution in [3.8, 4) is 5.88 Å². The molecule has 0 bridgehead atoms. The summed E-state index contributed by atoms with van der Waals surface area (Å²) in [5.41, 5.74) is 1.77. The molecule has 26 heavy (non-hydrogen) atoms. The number of nitrogens with zero attached hydrogens (tertiary/aromatic N) is 4. The quantitative estimate of drug-likeness (QED) is 0.747. The Balaban J connectivity index is 1.82. The first kappa shape index (κ1) is 17.6. The third-order valence-corrected chi connectivity index (χ3v) is 3.59. The number of aryl methyl sites for hydroxylation is 1. The first-order valence-electron chi connectivity index (χ1n) is 7.43. The predicted molar refractivity (Wildman–Crippen MR) is 84.1 cm³/mol. The van der Waals surface area contributed by atoms with E-state index in [0.29, 0.717) is 22.0 Å². The summed E-state index contributed by atoms with van der Waals surface area (Å²) in [4.78, 5) is 18.9. The number of alkyl halides is 3. The van der Waals surface area contributed by atoms with Crippen molar-refractivity contribution in [3.05, 3.63) is 47.5 Å². The fourth-order valence-electron chi connectivity index (χ4n) is 2.38. The van der Waals surface area contributed by atoms with Gasteiger partial charge in [-0.1, -0.05) is 0 Å². The molecule has 136 valence electrons. The minimum absolute atomic E-state index is 0.0977. The van der Waals surface area contributed by atoms with Crippen LogP contribution in [0, 0.1) is 6.92 Å². The lowest BCUT2D eigenvalue weighted by Crippen LogP contribution is -2.19. The maximum Gasteiger partial charge on any atom is 0.422 e. The molecular formula is C16H13F3N4O3. The van der Waals surface area contributed by atoms with Crippen LogP contribution in [0.15, 0.2) is 30.7 Å². The van der Waals surface area contributed by atoms with E-state index in [1.54, 1.807) is 19.2 Å². The number of aromatic carboxylic acids is 1. The molecule has 10 heteroatoms. The summed E-state index contributed by atoms with van der Waals surface area (Å²) in [6, 6.07) is 3.01. The molecule has 0 fully saturated rings. The van der Waals surface area contributed by atoms with Gasteiger partial charge in [-0.3, -0.25) is 4.68 Å². The Labute approximate surface area is 145 Å². The topological polar surface area (TPSA) is 90.1 Å². The molecule has 0 unspecified atom stereocenters. The fourth-order valence-corrected chi connectivity index (χ4v) is 2.38. The number of pyridine rings is 2. The lowest BCUT2D eigenvalue weighted by atomic mass is 10.1. The van der Waals surface area contributed by atoms with Crippen molar-refractivity contribution < 1.29 is 27.8 Å². The lowest BCUT2D eigenvalue weighted by Gasteiger charge is -2.11. The van der Waals surface area contributed by atoms with Crippen LogP contribution >= 0.6 is 0 Å². The minimum Gasteiger partial charge on any atom is -0.476 e. The Morgan fingerprint density at radius 1 is 1.35 bits per heavy atom. The van der Waals surface area contributed by atoms with Gasteiger partial charge in [-0.15, -0.1) is 0 Å². The zero-order valence-electron chi connectivity index (χ0n) is 13.5. The van der Waals surface area contributed by atoms with E-state index in [9.17, 15) is 18.0 Å². The number of rotatable bonds is 5. The molecule has 3 aromatic heterocycles. The van der Waals surface area contributed by atoms with Crippen molar-refractivity contribution in [2.75, 3.05) is 6.61 Å². The van der Waals surface area contributed by atoms with Gasteiger partial charge in [-0.2, -0.15) is 18.3 Å². The summed E-state index contributed by atoms with van der Waals surface area (Å²) in [7, 11) is 0. The molecule has 3 aromatic rings. The molecule has 0 spiro atoms. The molecular weight excluding hydrogens is 353 g/mol. The molecule has 0 saturated carbocycles. The molecule has 3 rings (SSSR count). The normalized spacial score (nSPS) is 11.7. The third-order valence-electron chi connectivity index (χ3n) is 3.59. The molecule has 0 radical (unpaired) electrons. The van der Waals surface area contributed by atoms with Gasteiger partial charge in [-0.25, -0.2) is 14.8 Å². The van der Waals surface area contributed by atoms with Gasteiger partial charge in [0.15, 0.2) is 12.3 Å². The van der Waals surface area contributed by atoms with Crippen molar-refractivity contribution in [3.63, 3.8) is 0 Å². The summed E-state index contributed by atoms with van der Waals surface area (Å²) in [5.74, 6) is -1.27. The van der Waals surface area contributed by atoms with Crippen molar-refractivity contribution in [1.29, 1.82) is 0 Å². The maximum absolute atomic E-state index is 12.2. The van der Waals surface area contributed by atoms with Gasteiger partial charge in [0.05, 0.1) is 17.4 Å². The molecule has 0 aromatic carbocycles. The number of ether oxygens (including phenoxy) is 1. The molecule has 0 atom stereocenters. The highest BCUT2D eigenvalue weighted by molar-refractivity contribution is 6.00. The number of fused-ring (bicyclic) bond motifs is 1. The molecule has 0 aliphatic rings. The molecule has 1 N–H and O–H groups in total. The number of carboxylic acid groups (broad SMARTS) is 1. The van der Waals surface area contributed by atoms with E-state index in [0.717, 1.165) is 0 Å². The van der Waals surface area contributed by atoms with Crippen LogP contribution in [-0.4, -0.2) is 43.6 Å². The lowest BCUT2D eigenvalue weighted by molar-refractivity contribution is -0.154. The van der Waals surface area contributed by atoms with E-state index in [1.807, 2.05) is 0 Å². The SMILES string of the molecule is Cc1cc(OCC(F)(F)F)ncc1Cn1cc2c(C(=O)O)nccc2n1. The molecule has 0 aliphatic carbocycles. The van der Waals surface area contributed by atoms with Crippen LogP contribution in [0.5, 0.6) is 5.88 Å². The van der Waals surface area contributed by atoms with Gasteiger partial charge < -0.3 is 9.84 Å². The summed E-state index contributed by atoms with van der Waals surface area (Å²) < 4.78 is 42.7. The van der Waals surface area contributed by atoms with Gasteiger partial charge in [0.2, 0.25) is 5.88 Å². The second-order valence-electron chi connectivity index (χ2n) is 5.58. The van der Waals surface area contributed by atoms with Crippen LogP contribution in [0.1, 0.15) is 21.6 Å². The zero-order valence-corrected chi connectivity index (χ0v) is 13.5. The molecule has 0 aliphatic heterocycles. The molecule has 3 heterocycles. The van der Waals surface area contributed by atoms with E-state index in [2.05, 4.69) is 19.8 Å². The standard InChI is InChI=1S/C16H13F3N4O3/c1-9-4-13(26-8-16(17,18)19)21-5-10(9)6-23-7-11-12(22-23)2-3-20-14(11)15(24)25/h2-5,7H,6,8H2,1H3,(H,24,25). The van der Waals surface area contributed by atoms with Crippen LogP contribution in [0.4, 0.5) is 13.2 Å². The average Bonchev–Trinajstić information content (AvgIpc) is 2.96. The van der Waals surface area contributed by atoms with E-state index in [1.165, 1.54) is 23.1 Å². The van der Waals surface area contributed by atoms with E-state index >= 15 is 0 Å². The van der Waals surface area contributed by atoms with Gasteiger partial charge in [0.25, 0.3) is 0 Å². The van der Waals surface area contributed by atoms with Gasteiger partial charge in [0, 0.05) is 24.7 Å². The third kappa shape index (κ3) is 3.90. The molecule has 7 nitrogen and oxygen atoms in total. The first-order chi connectivity index (χ1) is 12.2. The second-order valence-corrected chi connectivity index (χ2v) is 5.58. The summed E-state index contributed by atoms with van der Waals surface area (Å²) in [5, 5.41) is 13.8. The zero-order chi connectivity index (χ0) is 18.9. The van der Waals surface area contributed by atoms with Gasteiger partial charge in [0.1, 0.15) is 0 Å². The smallest absolute Gasteiger partial charge is 0.422 e. The highest BCUT2D eigenvalue weighted by Crippen LogP contribution is 2.20. The highest BCUT2D eigenvalue weighted by atomic mass is 19.4. The Morgan fingerprint density at radius 3 is 2.77 bits per heavy atom. The van der Waals surface area contributed by atoms with Crippen molar-refractivity contribution in [2.45, 2.75) is 19.6 Å². The summed E-state index contributed by atoms with van der Waals surface area (Å²) >= 11 is 0. The Kier molecular flexibility index (Phi) is 4.49. The second kappa shape index (κ2) is 6.62. The number of carboxylic acids is 1. The number of halogens is 3. The Morgan fingerprint density at radius 2 is 2.12 bits per heavy atom. The van der Waals surface area contributed by atoms with Crippen molar-refractivity contribution in [1.82, 2.24) is 19.7 Å². The number of aromatic nitrogens is 4. The van der Waals surface area contributed by atoms with Crippen LogP contribution in [0.3, 0.4) is 0 Å². The van der Waals surface area contributed by atoms with Gasteiger partial charge >= 0.3 is 12.1 Å². The Hall–Kier alpha value is -3.17. The van der Waals surface area contributed by atoms with Crippen LogP contribution < -0.4 is 4.74 Å². The highest BCUT2D eigenvalue weighted by Gasteiger charge is 2.28. The van der Waals surface area contributed by atoms with Crippen molar-refractivity contribution in [2.24, 2.45) is 0 Å². The summed E-state index contributed by atoms with van der Waals surface area (Å²) in [6.07, 6.45) is -0.106.